The van der Waals surface area contributed by atoms with Crippen LogP contribution >= 0.6 is 0 Å². The maximum atomic E-state index is 12.7. The number of piperidine rings is 1. The van der Waals surface area contributed by atoms with E-state index in [-0.39, 0.29) is 18.2 Å². The first-order chi connectivity index (χ1) is 8.95. The van der Waals surface area contributed by atoms with E-state index in [0.717, 1.165) is 19.3 Å². The van der Waals surface area contributed by atoms with Gasteiger partial charge in [0.25, 0.3) is 10.2 Å². The summed E-state index contributed by atoms with van der Waals surface area (Å²) in [6.45, 7) is 5.65. The quantitative estimate of drug-likeness (QED) is 0.803. The van der Waals surface area contributed by atoms with Gasteiger partial charge in [0.05, 0.1) is 12.2 Å². The molecule has 6 nitrogen and oxygen atoms in total. The van der Waals surface area contributed by atoms with E-state index in [4.69, 9.17) is 10.5 Å². The van der Waals surface area contributed by atoms with Crippen molar-refractivity contribution in [2.75, 3.05) is 26.2 Å². The van der Waals surface area contributed by atoms with Crippen molar-refractivity contribution in [1.29, 1.82) is 0 Å². The molecule has 112 valence electrons. The summed E-state index contributed by atoms with van der Waals surface area (Å²) in [6.07, 6.45) is 2.71. The molecular formula is C12H25N3O3S. The molecule has 19 heavy (non-hydrogen) atoms. The zero-order valence-corrected chi connectivity index (χ0v) is 12.6. The summed E-state index contributed by atoms with van der Waals surface area (Å²) in [5, 5.41) is 0. The van der Waals surface area contributed by atoms with Crippen LogP contribution in [-0.2, 0) is 14.9 Å². The van der Waals surface area contributed by atoms with Crippen molar-refractivity contribution in [2.45, 2.75) is 51.4 Å². The van der Waals surface area contributed by atoms with Gasteiger partial charge in [0.2, 0.25) is 0 Å². The van der Waals surface area contributed by atoms with Gasteiger partial charge in [0.15, 0.2) is 0 Å². The fourth-order valence-corrected chi connectivity index (χ4v) is 4.85. The lowest BCUT2D eigenvalue weighted by Gasteiger charge is -2.41. The molecule has 0 aromatic heterocycles. The molecule has 0 aromatic rings. The summed E-state index contributed by atoms with van der Waals surface area (Å²) in [5.74, 6) is 0. The highest BCUT2D eigenvalue weighted by molar-refractivity contribution is 7.86. The molecule has 2 rings (SSSR count). The summed E-state index contributed by atoms with van der Waals surface area (Å²) in [7, 11) is -3.38. The van der Waals surface area contributed by atoms with E-state index in [1.54, 1.807) is 8.61 Å². The van der Waals surface area contributed by atoms with Crippen molar-refractivity contribution in [2.24, 2.45) is 5.73 Å². The van der Waals surface area contributed by atoms with Gasteiger partial charge in [0.1, 0.15) is 0 Å². The number of ether oxygens (including phenoxy) is 1. The molecule has 2 aliphatic rings. The minimum Gasteiger partial charge on any atom is -0.371 e. The largest absolute Gasteiger partial charge is 0.371 e. The van der Waals surface area contributed by atoms with Crippen LogP contribution in [0.4, 0.5) is 0 Å². The van der Waals surface area contributed by atoms with Crippen molar-refractivity contribution in [3.8, 4) is 0 Å². The third-order valence-electron chi connectivity index (χ3n) is 3.92. The number of nitrogens with two attached hydrogens (primary N) is 1. The second-order valence-corrected chi connectivity index (χ2v) is 7.47. The van der Waals surface area contributed by atoms with Gasteiger partial charge < -0.3 is 10.5 Å². The summed E-state index contributed by atoms with van der Waals surface area (Å²) in [4.78, 5) is 0. The van der Waals surface area contributed by atoms with E-state index in [2.05, 4.69) is 0 Å². The van der Waals surface area contributed by atoms with Crippen LogP contribution in [0.2, 0.25) is 0 Å². The third kappa shape index (κ3) is 3.28. The van der Waals surface area contributed by atoms with Crippen molar-refractivity contribution < 1.29 is 13.2 Å². The van der Waals surface area contributed by atoms with Crippen LogP contribution < -0.4 is 5.73 Å². The standard InChI is InChI=1S/C12H25N3O3S/c1-10-5-3-4-6-15(10)19(16,17)14-8-11(2)18-12(7-13)9-14/h10-12H,3-9,13H2,1-2H3. The Bertz CT molecular complexity index is 401. The Balaban J connectivity index is 2.13. The van der Waals surface area contributed by atoms with Crippen molar-refractivity contribution in [1.82, 2.24) is 8.61 Å². The summed E-state index contributed by atoms with van der Waals surface area (Å²) >= 11 is 0. The highest BCUT2D eigenvalue weighted by atomic mass is 32.2. The summed E-state index contributed by atoms with van der Waals surface area (Å²) in [5.41, 5.74) is 5.62. The predicted octanol–water partition coefficient (Wildman–Crippen LogP) is 0.154. The van der Waals surface area contributed by atoms with Crippen LogP contribution in [-0.4, -0.2) is 61.5 Å². The zero-order valence-electron chi connectivity index (χ0n) is 11.8. The van der Waals surface area contributed by atoms with E-state index >= 15 is 0 Å². The van der Waals surface area contributed by atoms with Crippen molar-refractivity contribution in [3.05, 3.63) is 0 Å². The molecule has 2 aliphatic heterocycles. The van der Waals surface area contributed by atoms with E-state index in [1.807, 2.05) is 13.8 Å². The number of hydrogen-bond acceptors (Lipinski definition) is 4. The first-order valence-electron chi connectivity index (χ1n) is 7.07. The normalized spacial score (nSPS) is 35.4. The van der Waals surface area contributed by atoms with Crippen LogP contribution in [0.25, 0.3) is 0 Å². The summed E-state index contributed by atoms with van der Waals surface area (Å²) in [6, 6.07) is 0.0910. The SMILES string of the molecule is CC1CN(S(=O)(=O)N2CCCCC2C)CC(CN)O1. The smallest absolute Gasteiger partial charge is 0.282 e. The molecule has 3 unspecified atom stereocenters. The molecule has 0 saturated carbocycles. The van der Waals surface area contributed by atoms with Gasteiger partial charge in [-0.3, -0.25) is 0 Å². The van der Waals surface area contributed by atoms with E-state index < -0.39 is 10.2 Å². The number of morpholine rings is 1. The maximum Gasteiger partial charge on any atom is 0.282 e. The molecule has 2 saturated heterocycles. The topological polar surface area (TPSA) is 75.9 Å². The van der Waals surface area contributed by atoms with Crippen molar-refractivity contribution >= 4 is 10.2 Å². The molecular weight excluding hydrogens is 266 g/mol. The van der Waals surface area contributed by atoms with Crippen LogP contribution in [0.5, 0.6) is 0 Å². The van der Waals surface area contributed by atoms with Gasteiger partial charge in [0, 0.05) is 32.2 Å². The number of hydrogen-bond donors (Lipinski definition) is 1. The third-order valence-corrected chi connectivity index (χ3v) is 6.01. The lowest BCUT2D eigenvalue weighted by molar-refractivity contribution is -0.0504. The van der Waals surface area contributed by atoms with Gasteiger partial charge in [-0.05, 0) is 26.7 Å². The van der Waals surface area contributed by atoms with Gasteiger partial charge in [-0.25, -0.2) is 0 Å². The second-order valence-electron chi connectivity index (χ2n) is 5.58. The Morgan fingerprint density at radius 3 is 2.63 bits per heavy atom. The Labute approximate surface area is 116 Å². The van der Waals surface area contributed by atoms with Crippen molar-refractivity contribution in [3.63, 3.8) is 0 Å². The van der Waals surface area contributed by atoms with E-state index in [9.17, 15) is 8.42 Å². The molecule has 3 atom stereocenters. The fraction of sp³-hybridized carbons (Fsp3) is 1.00. The molecule has 7 heteroatoms. The minimum absolute atomic E-state index is 0.0910. The van der Waals surface area contributed by atoms with Crippen LogP contribution in [0, 0.1) is 0 Å². The first-order valence-corrected chi connectivity index (χ1v) is 8.47. The highest BCUT2D eigenvalue weighted by Crippen LogP contribution is 2.24. The van der Waals surface area contributed by atoms with Crippen LogP contribution in [0.3, 0.4) is 0 Å². The summed E-state index contributed by atoms with van der Waals surface area (Å²) < 4.78 is 34.2. The Kier molecular flexibility index (Phi) is 4.84. The molecule has 0 bridgehead atoms. The number of rotatable bonds is 3. The van der Waals surface area contributed by atoms with E-state index in [1.165, 1.54) is 0 Å². The van der Waals surface area contributed by atoms with Gasteiger partial charge in [-0.15, -0.1) is 0 Å². The lowest BCUT2D eigenvalue weighted by atomic mass is 10.1. The maximum absolute atomic E-state index is 12.7. The molecule has 2 N–H and O–H groups in total. The van der Waals surface area contributed by atoms with Gasteiger partial charge in [-0.2, -0.15) is 17.0 Å². The monoisotopic (exact) mass is 291 g/mol. The van der Waals surface area contributed by atoms with Crippen LogP contribution in [0.15, 0.2) is 0 Å². The Hall–Kier alpha value is -0.210. The predicted molar refractivity (Wildman–Crippen MR) is 73.9 cm³/mol. The van der Waals surface area contributed by atoms with Gasteiger partial charge in [-0.1, -0.05) is 6.42 Å². The Morgan fingerprint density at radius 2 is 2.00 bits per heavy atom. The number of nitrogens with zero attached hydrogens (tertiary/aromatic N) is 2. The van der Waals surface area contributed by atoms with E-state index in [0.29, 0.717) is 26.2 Å². The zero-order chi connectivity index (χ0) is 14.0. The van der Waals surface area contributed by atoms with Crippen LogP contribution in [0.1, 0.15) is 33.1 Å². The molecule has 2 fully saturated rings. The minimum atomic E-state index is -3.38. The first kappa shape index (κ1) is 15.2. The molecule has 0 spiro atoms. The second kappa shape index (κ2) is 6.05. The Morgan fingerprint density at radius 1 is 1.26 bits per heavy atom. The molecule has 0 radical (unpaired) electrons. The average molecular weight is 291 g/mol. The molecule has 0 amide bonds. The average Bonchev–Trinajstić information content (AvgIpc) is 2.38. The molecule has 0 aliphatic carbocycles. The lowest BCUT2D eigenvalue weighted by Crippen LogP contribution is -2.57. The highest BCUT2D eigenvalue weighted by Gasteiger charge is 2.38. The molecule has 2 heterocycles. The van der Waals surface area contributed by atoms with Gasteiger partial charge >= 0.3 is 0 Å². The molecule has 0 aromatic carbocycles. The fourth-order valence-electron chi connectivity index (χ4n) is 2.88.